The van der Waals surface area contributed by atoms with Crippen molar-refractivity contribution in [2.45, 2.75) is 81.1 Å². The summed E-state index contributed by atoms with van der Waals surface area (Å²) >= 11 is 0. The number of carbonyl (C=O) groups excluding carboxylic acids is 2. The van der Waals surface area contributed by atoms with E-state index in [2.05, 4.69) is 55.4 Å². The van der Waals surface area contributed by atoms with Crippen LogP contribution in [0.4, 0.5) is 0 Å². The minimum Gasteiger partial charge on any atom is -0.462 e. The highest BCUT2D eigenvalue weighted by atomic mass is 16.5. The third kappa shape index (κ3) is 10.2. The summed E-state index contributed by atoms with van der Waals surface area (Å²) in [6.07, 6.45) is 4.27. The molecule has 0 aliphatic rings. The van der Waals surface area contributed by atoms with Gasteiger partial charge in [0.2, 0.25) is 0 Å². The maximum Gasteiger partial charge on any atom is 0.339 e. The zero-order valence-corrected chi connectivity index (χ0v) is 21.6. The molecule has 0 fully saturated rings. The van der Waals surface area contributed by atoms with Gasteiger partial charge in [-0.3, -0.25) is 0 Å². The van der Waals surface area contributed by atoms with Crippen LogP contribution in [0.5, 0.6) is 0 Å². The second-order valence-corrected chi connectivity index (χ2v) is 10.7. The van der Waals surface area contributed by atoms with E-state index in [1.165, 1.54) is 0 Å². The molecule has 0 heterocycles. The van der Waals surface area contributed by atoms with E-state index < -0.39 is 11.9 Å². The molecule has 1 aromatic rings. The molecule has 32 heavy (non-hydrogen) atoms. The smallest absolute Gasteiger partial charge is 0.339 e. The van der Waals surface area contributed by atoms with Gasteiger partial charge in [-0.05, 0) is 60.5 Å². The van der Waals surface area contributed by atoms with Crippen molar-refractivity contribution in [1.82, 2.24) is 0 Å². The molecule has 0 aliphatic carbocycles. The van der Waals surface area contributed by atoms with Gasteiger partial charge < -0.3 is 9.47 Å². The molecule has 4 heteroatoms. The number of ether oxygens (including phenoxy) is 2. The van der Waals surface area contributed by atoms with Crippen LogP contribution in [-0.4, -0.2) is 25.2 Å². The quantitative estimate of drug-likeness (QED) is 0.279. The van der Waals surface area contributed by atoms with E-state index in [1.807, 2.05) is 0 Å². The fraction of sp³-hybridized carbons (Fsp3) is 0.714. The van der Waals surface area contributed by atoms with Crippen molar-refractivity contribution in [3.8, 4) is 0 Å². The highest BCUT2D eigenvalue weighted by Gasteiger charge is 2.23. The van der Waals surface area contributed by atoms with Gasteiger partial charge in [0.05, 0.1) is 24.3 Å². The van der Waals surface area contributed by atoms with Crippen LogP contribution in [0.25, 0.3) is 0 Å². The van der Waals surface area contributed by atoms with Crippen LogP contribution < -0.4 is 0 Å². The van der Waals surface area contributed by atoms with Crippen LogP contribution >= 0.6 is 0 Å². The molecule has 0 saturated heterocycles. The Balaban J connectivity index is 2.78. The lowest BCUT2D eigenvalue weighted by Gasteiger charge is -2.22. The predicted molar refractivity (Wildman–Crippen MR) is 132 cm³/mol. The average Bonchev–Trinajstić information content (AvgIpc) is 2.72. The van der Waals surface area contributed by atoms with Crippen LogP contribution in [0.1, 0.15) is 102 Å². The Hall–Kier alpha value is -1.84. The molecule has 0 unspecified atom stereocenters. The Labute approximate surface area is 196 Å². The maximum atomic E-state index is 12.8. The Kier molecular flexibility index (Phi) is 12.6. The standard InChI is InChI=1S/C28H46O4/c1-19(2)13-15-23(21(5)6)17-31-27(29)25-11-9-10-12-26(25)28(30)32-18-24(22(7)8)16-14-20(3)4/h9-12,19-24H,13-18H2,1-8H3/t23-,24-/m0/s1. The monoisotopic (exact) mass is 446 g/mol. The zero-order valence-electron chi connectivity index (χ0n) is 21.6. The van der Waals surface area contributed by atoms with Gasteiger partial charge >= 0.3 is 11.9 Å². The third-order valence-electron chi connectivity index (χ3n) is 6.34. The van der Waals surface area contributed by atoms with Gasteiger partial charge in [0.25, 0.3) is 0 Å². The number of hydrogen-bond acceptors (Lipinski definition) is 4. The van der Waals surface area contributed by atoms with E-state index in [0.717, 1.165) is 25.7 Å². The highest BCUT2D eigenvalue weighted by Crippen LogP contribution is 2.23. The molecule has 1 rings (SSSR count). The summed E-state index contributed by atoms with van der Waals surface area (Å²) in [6.45, 7) is 18.2. The number of hydrogen-bond donors (Lipinski definition) is 0. The molecule has 0 spiro atoms. The normalized spacial score (nSPS) is 13.6. The number of carbonyl (C=O) groups is 2. The second kappa shape index (κ2) is 14.3. The van der Waals surface area contributed by atoms with Gasteiger partial charge in [-0.15, -0.1) is 0 Å². The summed E-state index contributed by atoms with van der Waals surface area (Å²) in [6, 6.07) is 6.81. The van der Waals surface area contributed by atoms with Crippen molar-refractivity contribution >= 4 is 11.9 Å². The first-order chi connectivity index (χ1) is 15.0. The summed E-state index contributed by atoms with van der Waals surface area (Å²) in [5, 5.41) is 0. The van der Waals surface area contributed by atoms with Gasteiger partial charge in [-0.1, -0.05) is 80.4 Å². The van der Waals surface area contributed by atoms with Crippen LogP contribution in [0.15, 0.2) is 24.3 Å². The topological polar surface area (TPSA) is 52.6 Å². The van der Waals surface area contributed by atoms with Crippen LogP contribution in [0.3, 0.4) is 0 Å². The molecule has 0 N–H and O–H groups in total. The molecule has 0 aliphatic heterocycles. The number of esters is 2. The Morgan fingerprint density at radius 2 is 0.969 bits per heavy atom. The molecule has 4 nitrogen and oxygen atoms in total. The van der Waals surface area contributed by atoms with E-state index in [4.69, 9.17) is 9.47 Å². The van der Waals surface area contributed by atoms with Gasteiger partial charge in [-0.2, -0.15) is 0 Å². The van der Waals surface area contributed by atoms with E-state index in [1.54, 1.807) is 24.3 Å². The van der Waals surface area contributed by atoms with Gasteiger partial charge in [0.1, 0.15) is 0 Å². The molecule has 2 atom stereocenters. The number of rotatable bonds is 14. The van der Waals surface area contributed by atoms with E-state index in [9.17, 15) is 9.59 Å². The van der Waals surface area contributed by atoms with Crippen molar-refractivity contribution in [3.63, 3.8) is 0 Å². The van der Waals surface area contributed by atoms with Gasteiger partial charge in [0.15, 0.2) is 0 Å². The summed E-state index contributed by atoms with van der Waals surface area (Å²) in [5.41, 5.74) is 0.569. The molecule has 0 bridgehead atoms. The van der Waals surface area contributed by atoms with Gasteiger partial charge in [-0.25, -0.2) is 9.59 Å². The first-order valence-corrected chi connectivity index (χ1v) is 12.5. The molecule has 0 saturated carbocycles. The Bertz CT molecular complexity index is 631. The number of benzene rings is 1. The second-order valence-electron chi connectivity index (χ2n) is 10.7. The Morgan fingerprint density at radius 1 is 0.625 bits per heavy atom. The molecule has 1 aromatic carbocycles. The van der Waals surface area contributed by atoms with Crippen molar-refractivity contribution in [3.05, 3.63) is 35.4 Å². The molecule has 0 amide bonds. The van der Waals surface area contributed by atoms with Crippen molar-refractivity contribution in [2.75, 3.05) is 13.2 Å². The maximum absolute atomic E-state index is 12.8. The molecule has 0 radical (unpaired) electrons. The molecular formula is C28H46O4. The van der Waals surface area contributed by atoms with Crippen LogP contribution in [0, 0.1) is 35.5 Å². The van der Waals surface area contributed by atoms with E-state index in [0.29, 0.717) is 48.7 Å². The third-order valence-corrected chi connectivity index (χ3v) is 6.34. The Morgan fingerprint density at radius 3 is 1.25 bits per heavy atom. The van der Waals surface area contributed by atoms with Crippen molar-refractivity contribution in [2.24, 2.45) is 35.5 Å². The molecule has 182 valence electrons. The van der Waals surface area contributed by atoms with Crippen LogP contribution in [0.2, 0.25) is 0 Å². The summed E-state index contributed by atoms with van der Waals surface area (Å²) in [5.74, 6) is 1.83. The fourth-order valence-corrected chi connectivity index (χ4v) is 3.67. The van der Waals surface area contributed by atoms with Crippen molar-refractivity contribution in [1.29, 1.82) is 0 Å². The SMILES string of the molecule is CC(C)CC[C@@H](COC(=O)c1ccccc1C(=O)OC[C@H](CCC(C)C)C(C)C)C(C)C. The lowest BCUT2D eigenvalue weighted by atomic mass is 9.89. The van der Waals surface area contributed by atoms with Crippen LogP contribution in [-0.2, 0) is 9.47 Å². The van der Waals surface area contributed by atoms with E-state index >= 15 is 0 Å². The largest absolute Gasteiger partial charge is 0.462 e. The average molecular weight is 447 g/mol. The molecular weight excluding hydrogens is 400 g/mol. The highest BCUT2D eigenvalue weighted by molar-refractivity contribution is 6.03. The van der Waals surface area contributed by atoms with E-state index in [-0.39, 0.29) is 11.1 Å². The fourth-order valence-electron chi connectivity index (χ4n) is 3.67. The minimum absolute atomic E-state index is 0.284. The lowest BCUT2D eigenvalue weighted by molar-refractivity contribution is 0.0344. The summed E-state index contributed by atoms with van der Waals surface area (Å²) in [7, 11) is 0. The summed E-state index contributed by atoms with van der Waals surface area (Å²) < 4.78 is 11.3. The summed E-state index contributed by atoms with van der Waals surface area (Å²) in [4.78, 5) is 25.7. The lowest BCUT2D eigenvalue weighted by Crippen LogP contribution is -2.22. The predicted octanol–water partition coefficient (Wildman–Crippen LogP) is 7.42. The molecule has 0 aromatic heterocycles. The van der Waals surface area contributed by atoms with Gasteiger partial charge in [0, 0.05) is 0 Å². The first-order valence-electron chi connectivity index (χ1n) is 12.5. The first kappa shape index (κ1) is 28.2. The van der Waals surface area contributed by atoms with Crippen molar-refractivity contribution < 1.29 is 19.1 Å². The minimum atomic E-state index is -0.451. The zero-order chi connectivity index (χ0) is 24.3.